The lowest BCUT2D eigenvalue weighted by atomic mass is 10.1. The van der Waals surface area contributed by atoms with Crippen LogP contribution in [0.4, 0.5) is 0 Å². The van der Waals surface area contributed by atoms with Crippen molar-refractivity contribution in [3.8, 4) is 0 Å². The average molecular weight is 209 g/mol. The van der Waals surface area contributed by atoms with Crippen molar-refractivity contribution in [3.05, 3.63) is 40.4 Å². The van der Waals surface area contributed by atoms with Crippen LogP contribution in [0.15, 0.2) is 29.3 Å². The van der Waals surface area contributed by atoms with Crippen LogP contribution in [0.1, 0.15) is 11.1 Å². The predicted octanol–water partition coefficient (Wildman–Crippen LogP) is 2.05. The number of nitrogens with zero attached hydrogens (tertiary/aromatic N) is 1. The third-order valence-electron chi connectivity index (χ3n) is 1.83. The molecule has 0 atom stereocenters. The highest BCUT2D eigenvalue weighted by molar-refractivity contribution is 6.31. The molecule has 74 valence electrons. The number of rotatable bonds is 2. The summed E-state index contributed by atoms with van der Waals surface area (Å²) in [6.07, 6.45) is 3.11. The van der Waals surface area contributed by atoms with Gasteiger partial charge < -0.3 is 10.1 Å². The molecule has 0 radical (unpaired) electrons. The van der Waals surface area contributed by atoms with Gasteiger partial charge in [-0.05, 0) is 30.0 Å². The van der Waals surface area contributed by atoms with Crippen molar-refractivity contribution in [3.63, 3.8) is 0 Å². The molecule has 0 fully saturated rings. The molecule has 0 aliphatic heterocycles. The van der Waals surface area contributed by atoms with Gasteiger partial charge in [-0.2, -0.15) is 0 Å². The molecule has 0 saturated carbocycles. The first-order valence-electron chi connectivity index (χ1n) is 4.21. The summed E-state index contributed by atoms with van der Waals surface area (Å²) in [5.41, 5.74) is 1.92. The number of hydrogen-bond donors (Lipinski definition) is 0. The largest absolute Gasteiger partial charge is 0.859 e. The Kier molecular flexibility index (Phi) is 3.72. The molecule has 14 heavy (non-hydrogen) atoms. The van der Waals surface area contributed by atoms with Crippen molar-refractivity contribution < 1.29 is 5.11 Å². The van der Waals surface area contributed by atoms with Gasteiger partial charge in [-0.1, -0.05) is 35.9 Å². The topological polar surface area (TPSA) is 35.4 Å². The summed E-state index contributed by atoms with van der Waals surface area (Å²) >= 11 is 5.92. The zero-order chi connectivity index (χ0) is 10.6. The van der Waals surface area contributed by atoms with Gasteiger partial charge in [-0.15, -0.1) is 0 Å². The van der Waals surface area contributed by atoms with Gasteiger partial charge >= 0.3 is 0 Å². The standard InChI is InChI=1S/C11H12ClNO/c1-8-3-4-9(7-10(8)12)5-6-11(14)13-2/h3-7H,1-2H3,(H,13,14)/p-1/b6-5+. The monoisotopic (exact) mass is 208 g/mol. The van der Waals surface area contributed by atoms with E-state index in [1.165, 1.54) is 13.1 Å². The van der Waals surface area contributed by atoms with Crippen molar-refractivity contribution in [2.45, 2.75) is 6.92 Å². The Labute approximate surface area is 88.6 Å². The van der Waals surface area contributed by atoms with Gasteiger partial charge in [-0.3, -0.25) is 0 Å². The molecule has 2 nitrogen and oxygen atoms in total. The summed E-state index contributed by atoms with van der Waals surface area (Å²) in [7, 11) is 1.47. The highest BCUT2D eigenvalue weighted by atomic mass is 35.5. The Morgan fingerprint density at radius 1 is 1.50 bits per heavy atom. The number of aliphatic imine (C=N–C) groups is 1. The maximum Gasteiger partial charge on any atom is 0.0441 e. The molecular formula is C11H11ClNO-. The second-order valence-electron chi connectivity index (χ2n) is 2.90. The SMILES string of the molecule is CN=C([O-])/C=C/c1ccc(C)c(Cl)c1. The molecule has 1 rings (SSSR count). The third-order valence-corrected chi connectivity index (χ3v) is 2.24. The summed E-state index contributed by atoms with van der Waals surface area (Å²) in [6.45, 7) is 1.93. The molecule has 0 N–H and O–H groups in total. The summed E-state index contributed by atoms with van der Waals surface area (Å²) in [5.74, 6) is -0.248. The van der Waals surface area contributed by atoms with E-state index < -0.39 is 0 Å². The molecule has 0 heterocycles. The average Bonchev–Trinajstić information content (AvgIpc) is 2.19. The number of halogens is 1. The molecule has 0 spiro atoms. The summed E-state index contributed by atoms with van der Waals surface area (Å²) < 4.78 is 0. The van der Waals surface area contributed by atoms with Crippen LogP contribution in [0, 0.1) is 6.92 Å². The van der Waals surface area contributed by atoms with E-state index >= 15 is 0 Å². The van der Waals surface area contributed by atoms with Crippen LogP contribution in [0.2, 0.25) is 5.02 Å². The first kappa shape index (κ1) is 10.8. The highest BCUT2D eigenvalue weighted by Gasteiger charge is 1.93. The molecule has 0 aliphatic rings. The predicted molar refractivity (Wildman–Crippen MR) is 58.6 cm³/mol. The van der Waals surface area contributed by atoms with E-state index in [1.54, 1.807) is 6.08 Å². The summed E-state index contributed by atoms with van der Waals surface area (Å²) in [5, 5.41) is 11.6. The fourth-order valence-corrected chi connectivity index (χ4v) is 1.14. The lowest BCUT2D eigenvalue weighted by Gasteiger charge is -2.02. The maximum absolute atomic E-state index is 10.9. The smallest absolute Gasteiger partial charge is 0.0441 e. The van der Waals surface area contributed by atoms with Crippen molar-refractivity contribution in [1.82, 2.24) is 0 Å². The van der Waals surface area contributed by atoms with Gasteiger partial charge in [-0.25, -0.2) is 0 Å². The molecule has 0 aliphatic carbocycles. The lowest BCUT2D eigenvalue weighted by molar-refractivity contribution is -0.211. The molecular weight excluding hydrogens is 198 g/mol. The minimum atomic E-state index is -0.248. The van der Waals surface area contributed by atoms with Crippen LogP contribution in [0.3, 0.4) is 0 Å². The first-order chi connectivity index (χ1) is 6.63. The zero-order valence-electron chi connectivity index (χ0n) is 8.12. The van der Waals surface area contributed by atoms with Gasteiger partial charge in [0.1, 0.15) is 0 Å². The minimum Gasteiger partial charge on any atom is -0.859 e. The van der Waals surface area contributed by atoms with Crippen LogP contribution in [-0.2, 0) is 0 Å². The van der Waals surface area contributed by atoms with Crippen molar-refractivity contribution in [2.75, 3.05) is 7.05 Å². The van der Waals surface area contributed by atoms with Crippen LogP contribution < -0.4 is 5.11 Å². The maximum atomic E-state index is 10.9. The molecule has 3 heteroatoms. The molecule has 0 saturated heterocycles. The molecule has 0 bridgehead atoms. The second kappa shape index (κ2) is 4.82. The number of hydrogen-bond acceptors (Lipinski definition) is 2. The Balaban J connectivity index is 2.88. The molecule has 0 amide bonds. The van der Waals surface area contributed by atoms with Crippen LogP contribution in [0.5, 0.6) is 0 Å². The molecule has 1 aromatic carbocycles. The Morgan fingerprint density at radius 3 is 2.79 bits per heavy atom. The van der Waals surface area contributed by atoms with Gasteiger partial charge in [0.05, 0.1) is 0 Å². The Morgan fingerprint density at radius 2 is 2.21 bits per heavy atom. The molecule has 1 aromatic rings. The van der Waals surface area contributed by atoms with Gasteiger partial charge in [0, 0.05) is 12.1 Å². The highest BCUT2D eigenvalue weighted by Crippen LogP contribution is 2.17. The molecule has 0 unspecified atom stereocenters. The summed E-state index contributed by atoms with van der Waals surface area (Å²) in [4.78, 5) is 3.48. The second-order valence-corrected chi connectivity index (χ2v) is 3.31. The van der Waals surface area contributed by atoms with E-state index in [0.29, 0.717) is 5.02 Å². The van der Waals surface area contributed by atoms with Crippen LogP contribution >= 0.6 is 11.6 Å². The van der Waals surface area contributed by atoms with E-state index in [2.05, 4.69) is 4.99 Å². The van der Waals surface area contributed by atoms with E-state index in [4.69, 9.17) is 11.6 Å². The third kappa shape index (κ3) is 2.89. The van der Waals surface area contributed by atoms with E-state index in [-0.39, 0.29) is 5.90 Å². The number of aryl methyl sites for hydroxylation is 1. The normalized spacial score (nSPS) is 12.4. The quantitative estimate of drug-likeness (QED) is 0.541. The van der Waals surface area contributed by atoms with E-state index in [9.17, 15) is 5.11 Å². The van der Waals surface area contributed by atoms with Crippen LogP contribution in [-0.4, -0.2) is 12.9 Å². The first-order valence-corrected chi connectivity index (χ1v) is 4.59. The zero-order valence-corrected chi connectivity index (χ0v) is 8.88. The fourth-order valence-electron chi connectivity index (χ4n) is 0.955. The van der Waals surface area contributed by atoms with E-state index in [0.717, 1.165) is 11.1 Å². The van der Waals surface area contributed by atoms with Crippen molar-refractivity contribution >= 4 is 23.6 Å². The lowest BCUT2D eigenvalue weighted by Crippen LogP contribution is -2.13. The Bertz CT molecular complexity index is 383. The molecule has 0 aromatic heterocycles. The fraction of sp³-hybridized carbons (Fsp3) is 0.182. The van der Waals surface area contributed by atoms with Gasteiger partial charge in [0.15, 0.2) is 0 Å². The van der Waals surface area contributed by atoms with Crippen LogP contribution in [0.25, 0.3) is 6.08 Å². The van der Waals surface area contributed by atoms with E-state index in [1.807, 2.05) is 25.1 Å². The minimum absolute atomic E-state index is 0.248. The van der Waals surface area contributed by atoms with Crippen molar-refractivity contribution in [2.24, 2.45) is 4.99 Å². The summed E-state index contributed by atoms with van der Waals surface area (Å²) in [6, 6.07) is 5.63. The van der Waals surface area contributed by atoms with Gasteiger partial charge in [0.2, 0.25) is 0 Å². The Hall–Kier alpha value is -1.28. The number of benzene rings is 1. The van der Waals surface area contributed by atoms with Crippen molar-refractivity contribution in [1.29, 1.82) is 0 Å². The van der Waals surface area contributed by atoms with Gasteiger partial charge in [0.25, 0.3) is 0 Å².